The van der Waals surface area contributed by atoms with E-state index < -0.39 is 0 Å². The topological polar surface area (TPSA) is 0 Å². The van der Waals surface area contributed by atoms with Crippen molar-refractivity contribution >= 4 is 12.7 Å². The Bertz CT molecular complexity index is 441. The Morgan fingerprint density at radius 2 is 2.08 bits per heavy atom. The van der Waals surface area contributed by atoms with Crippen LogP contribution in [0.4, 0.5) is 4.39 Å². The molecule has 0 bridgehead atoms. The van der Waals surface area contributed by atoms with Gasteiger partial charge in [-0.1, -0.05) is 24.8 Å². The van der Waals surface area contributed by atoms with Crippen molar-refractivity contribution in [2.75, 3.05) is 0 Å². The molecule has 0 saturated carbocycles. The first-order valence-corrected chi connectivity index (χ1v) is 4.13. The average Bonchev–Trinajstić information content (AvgIpc) is 1.99. The van der Waals surface area contributed by atoms with Crippen LogP contribution in [0, 0.1) is 12.7 Å². The van der Waals surface area contributed by atoms with Gasteiger partial charge in [0.15, 0.2) is 0 Å². The van der Waals surface area contributed by atoms with Crippen molar-refractivity contribution in [3.63, 3.8) is 0 Å². The molecule has 0 atom stereocenters. The van der Waals surface area contributed by atoms with Crippen LogP contribution >= 0.6 is 0 Å². The Morgan fingerprint density at radius 3 is 2.62 bits per heavy atom. The van der Waals surface area contributed by atoms with Gasteiger partial charge in [0.05, 0.1) is 0 Å². The molecule has 0 fully saturated rings. The zero-order valence-corrected chi connectivity index (χ0v) is 8.02. The van der Waals surface area contributed by atoms with Crippen molar-refractivity contribution in [3.8, 4) is 0 Å². The highest BCUT2D eigenvalue weighted by Gasteiger charge is 1.95. The minimum atomic E-state index is -0.195. The molecule has 0 N–H and O–H groups in total. The minimum Gasteiger partial charge on any atom is -0.207 e. The summed E-state index contributed by atoms with van der Waals surface area (Å²) in [6.45, 7) is 11.2. The SMILES string of the molecule is C=C(C)/C=c1/cc(F)c(C)cc1=C. The van der Waals surface area contributed by atoms with Gasteiger partial charge in [-0.25, -0.2) is 4.39 Å². The molecule has 0 aliphatic heterocycles. The minimum absolute atomic E-state index is 0.195. The Labute approximate surface area is 77.7 Å². The van der Waals surface area contributed by atoms with E-state index in [4.69, 9.17) is 0 Å². The molecular formula is C12H13F. The molecule has 1 aromatic rings. The molecule has 0 aliphatic rings. The number of rotatable bonds is 1. The molecule has 0 unspecified atom stereocenters. The van der Waals surface area contributed by atoms with E-state index in [1.54, 1.807) is 13.0 Å². The Balaban J connectivity index is 3.50. The first-order valence-electron chi connectivity index (χ1n) is 4.13. The van der Waals surface area contributed by atoms with Gasteiger partial charge in [-0.2, -0.15) is 0 Å². The molecule has 0 aliphatic carbocycles. The lowest BCUT2D eigenvalue weighted by Gasteiger charge is -1.96. The zero-order chi connectivity index (χ0) is 10.0. The highest BCUT2D eigenvalue weighted by Crippen LogP contribution is 1.97. The fraction of sp³-hybridized carbons (Fsp3) is 0.167. The lowest BCUT2D eigenvalue weighted by atomic mass is 10.1. The second kappa shape index (κ2) is 3.56. The summed E-state index contributed by atoms with van der Waals surface area (Å²) in [4.78, 5) is 0. The molecule has 0 aromatic heterocycles. The summed E-state index contributed by atoms with van der Waals surface area (Å²) < 4.78 is 13.1. The quantitative estimate of drug-likeness (QED) is 0.613. The number of benzene rings is 1. The summed E-state index contributed by atoms with van der Waals surface area (Å²) in [5.74, 6) is -0.195. The van der Waals surface area contributed by atoms with Crippen molar-refractivity contribution in [2.45, 2.75) is 13.8 Å². The van der Waals surface area contributed by atoms with Crippen LogP contribution in [0.2, 0.25) is 0 Å². The van der Waals surface area contributed by atoms with Gasteiger partial charge < -0.3 is 0 Å². The number of hydrogen-bond acceptors (Lipinski definition) is 0. The summed E-state index contributed by atoms with van der Waals surface area (Å²) in [5, 5.41) is 1.64. The molecule has 0 heterocycles. The summed E-state index contributed by atoms with van der Waals surface area (Å²) in [5.41, 5.74) is 1.53. The van der Waals surface area contributed by atoms with Crippen molar-refractivity contribution < 1.29 is 4.39 Å². The predicted octanol–water partition coefficient (Wildman–Crippen LogP) is 1.90. The van der Waals surface area contributed by atoms with Gasteiger partial charge in [-0.05, 0) is 42.0 Å². The third kappa shape index (κ3) is 2.28. The van der Waals surface area contributed by atoms with Crippen LogP contribution < -0.4 is 10.4 Å². The number of halogens is 1. The van der Waals surface area contributed by atoms with Crippen LogP contribution in [0.1, 0.15) is 12.5 Å². The first kappa shape index (κ1) is 9.72. The van der Waals surface area contributed by atoms with Crippen molar-refractivity contribution in [1.82, 2.24) is 0 Å². The molecule has 1 rings (SSSR count). The van der Waals surface area contributed by atoms with E-state index in [9.17, 15) is 4.39 Å². The normalized spacial score (nSPS) is 11.8. The third-order valence-corrected chi connectivity index (χ3v) is 1.82. The fourth-order valence-electron chi connectivity index (χ4n) is 1.16. The van der Waals surface area contributed by atoms with Crippen LogP contribution in [0.3, 0.4) is 0 Å². The molecule has 68 valence electrons. The summed E-state index contributed by atoms with van der Waals surface area (Å²) in [6, 6.07) is 3.23. The van der Waals surface area contributed by atoms with Crippen molar-refractivity contribution in [3.05, 3.63) is 46.1 Å². The maximum Gasteiger partial charge on any atom is 0.126 e. The summed E-state index contributed by atoms with van der Waals surface area (Å²) in [7, 11) is 0. The van der Waals surface area contributed by atoms with E-state index in [1.807, 2.05) is 13.0 Å². The molecule has 1 aromatic carbocycles. The Kier molecular flexibility index (Phi) is 2.66. The standard InChI is InChI=1S/C12H13F/c1-8(2)5-11-7-12(13)10(4)6-9(11)3/h5-7H,1,3H2,2,4H3/b11-5-. The average molecular weight is 176 g/mol. The highest BCUT2D eigenvalue weighted by molar-refractivity contribution is 5.44. The lowest BCUT2D eigenvalue weighted by Crippen LogP contribution is -2.24. The van der Waals surface area contributed by atoms with Crippen LogP contribution in [-0.2, 0) is 0 Å². The molecule has 0 amide bonds. The predicted molar refractivity (Wildman–Crippen MR) is 55.2 cm³/mol. The third-order valence-electron chi connectivity index (χ3n) is 1.82. The van der Waals surface area contributed by atoms with E-state index in [-0.39, 0.29) is 5.82 Å². The van der Waals surface area contributed by atoms with E-state index in [2.05, 4.69) is 13.2 Å². The highest BCUT2D eigenvalue weighted by atomic mass is 19.1. The second-order valence-electron chi connectivity index (χ2n) is 3.29. The maximum atomic E-state index is 13.1. The molecule has 0 nitrogen and oxygen atoms in total. The van der Waals surface area contributed by atoms with Crippen LogP contribution in [-0.4, -0.2) is 0 Å². The van der Waals surface area contributed by atoms with E-state index >= 15 is 0 Å². The summed E-state index contributed by atoms with van der Waals surface area (Å²) in [6.07, 6.45) is 1.82. The second-order valence-corrected chi connectivity index (χ2v) is 3.29. The number of allylic oxidation sites excluding steroid dienone is 1. The molecular weight excluding hydrogens is 163 g/mol. The van der Waals surface area contributed by atoms with E-state index in [0.29, 0.717) is 5.56 Å². The Hall–Kier alpha value is -1.37. The van der Waals surface area contributed by atoms with Crippen LogP contribution in [0.15, 0.2) is 24.3 Å². The Morgan fingerprint density at radius 1 is 1.46 bits per heavy atom. The van der Waals surface area contributed by atoms with E-state index in [1.165, 1.54) is 6.07 Å². The molecule has 0 radical (unpaired) electrons. The van der Waals surface area contributed by atoms with Crippen LogP contribution in [0.25, 0.3) is 12.7 Å². The number of hydrogen-bond donors (Lipinski definition) is 0. The lowest BCUT2D eigenvalue weighted by molar-refractivity contribution is 0.617. The van der Waals surface area contributed by atoms with Crippen molar-refractivity contribution in [2.24, 2.45) is 0 Å². The first-order chi connectivity index (χ1) is 6.00. The van der Waals surface area contributed by atoms with Gasteiger partial charge in [0, 0.05) is 0 Å². The van der Waals surface area contributed by atoms with Crippen molar-refractivity contribution in [1.29, 1.82) is 0 Å². The molecule has 0 spiro atoms. The summed E-state index contributed by atoms with van der Waals surface area (Å²) >= 11 is 0. The smallest absolute Gasteiger partial charge is 0.126 e. The van der Waals surface area contributed by atoms with Gasteiger partial charge >= 0.3 is 0 Å². The fourth-order valence-corrected chi connectivity index (χ4v) is 1.16. The monoisotopic (exact) mass is 176 g/mol. The van der Waals surface area contributed by atoms with Crippen LogP contribution in [0.5, 0.6) is 0 Å². The molecule has 13 heavy (non-hydrogen) atoms. The van der Waals surface area contributed by atoms with E-state index in [0.717, 1.165) is 16.0 Å². The van der Waals surface area contributed by atoms with Gasteiger partial charge in [-0.15, -0.1) is 0 Å². The zero-order valence-electron chi connectivity index (χ0n) is 8.02. The maximum absolute atomic E-state index is 13.1. The molecule has 0 saturated heterocycles. The number of aryl methyl sites for hydroxylation is 1. The molecule has 1 heteroatoms. The van der Waals surface area contributed by atoms with Gasteiger partial charge in [0.1, 0.15) is 5.82 Å². The van der Waals surface area contributed by atoms with Gasteiger partial charge in [0.25, 0.3) is 0 Å². The van der Waals surface area contributed by atoms with Gasteiger partial charge in [-0.3, -0.25) is 0 Å². The largest absolute Gasteiger partial charge is 0.207 e. The van der Waals surface area contributed by atoms with Gasteiger partial charge in [0.2, 0.25) is 0 Å².